The first-order chi connectivity index (χ1) is 12.4. The summed E-state index contributed by atoms with van der Waals surface area (Å²) in [6.07, 6.45) is 2.48. The summed E-state index contributed by atoms with van der Waals surface area (Å²) >= 11 is 5.70. The highest BCUT2D eigenvalue weighted by Gasteiger charge is 2.40. The Morgan fingerprint density at radius 3 is 1.43 bits per heavy atom. The minimum Gasteiger partial charge on any atom is -0.212 e. The molecular formula is C13H21ClN2O8S4. The highest BCUT2D eigenvalue weighted by Crippen LogP contribution is 2.29. The Labute approximate surface area is 171 Å². The van der Waals surface area contributed by atoms with Gasteiger partial charge in [-0.1, -0.05) is 31.7 Å². The van der Waals surface area contributed by atoms with Crippen LogP contribution in [0.2, 0.25) is 0 Å². The fourth-order valence-electron chi connectivity index (χ4n) is 2.49. The van der Waals surface area contributed by atoms with E-state index in [0.29, 0.717) is 30.6 Å². The van der Waals surface area contributed by atoms with Crippen molar-refractivity contribution in [3.05, 3.63) is 35.4 Å². The van der Waals surface area contributed by atoms with Gasteiger partial charge in [0.25, 0.3) is 0 Å². The summed E-state index contributed by atoms with van der Waals surface area (Å²) in [5, 5.41) is 0. The Kier molecular flexibility index (Phi) is 7.70. The molecular weight excluding hydrogens is 476 g/mol. The van der Waals surface area contributed by atoms with Crippen LogP contribution >= 0.6 is 11.6 Å². The number of benzene rings is 1. The van der Waals surface area contributed by atoms with Gasteiger partial charge in [-0.15, -0.1) is 11.6 Å². The van der Waals surface area contributed by atoms with Gasteiger partial charge in [0.15, 0.2) is 0 Å². The molecule has 162 valence electrons. The van der Waals surface area contributed by atoms with E-state index in [2.05, 4.69) is 0 Å². The topological polar surface area (TPSA) is 143 Å². The molecule has 0 N–H and O–H groups in total. The smallest absolute Gasteiger partial charge is 0.212 e. The lowest BCUT2D eigenvalue weighted by atomic mass is 10.1. The summed E-state index contributed by atoms with van der Waals surface area (Å²) in [5.74, 6) is 0.131. The van der Waals surface area contributed by atoms with Crippen LogP contribution in [0.5, 0.6) is 0 Å². The summed E-state index contributed by atoms with van der Waals surface area (Å²) < 4.78 is 96.9. The maximum atomic E-state index is 12.2. The third-order valence-electron chi connectivity index (χ3n) is 3.49. The standard InChI is InChI=1S/C13H21ClN2O8S4/c1-25(17,18)15(26(2,19)20)10-13(12-7-5-11(9-14)6-8-12)16(27(3,21)22)28(4,23)24/h5-8,13H,9-10H2,1-4H3. The van der Waals surface area contributed by atoms with Crippen molar-refractivity contribution in [3.63, 3.8) is 0 Å². The lowest BCUT2D eigenvalue weighted by Gasteiger charge is -2.31. The van der Waals surface area contributed by atoms with Gasteiger partial charge < -0.3 is 0 Å². The van der Waals surface area contributed by atoms with Crippen LogP contribution in [0.3, 0.4) is 0 Å². The van der Waals surface area contributed by atoms with E-state index in [0.717, 1.165) is 0 Å². The molecule has 1 rings (SSSR count). The second-order valence-corrected chi connectivity index (χ2v) is 14.4. The average molecular weight is 497 g/mol. The van der Waals surface area contributed by atoms with Crippen molar-refractivity contribution >= 4 is 51.7 Å². The molecule has 0 saturated heterocycles. The van der Waals surface area contributed by atoms with Crippen LogP contribution in [0.1, 0.15) is 17.2 Å². The summed E-state index contributed by atoms with van der Waals surface area (Å²) in [4.78, 5) is 0. The summed E-state index contributed by atoms with van der Waals surface area (Å²) in [7, 11) is -17.5. The SMILES string of the molecule is CS(=O)(=O)N(CC(c1ccc(CCl)cc1)N(S(C)(=O)=O)S(C)(=O)=O)S(C)(=O)=O. The van der Waals surface area contributed by atoms with Gasteiger partial charge in [-0.2, -0.15) is 0 Å². The monoisotopic (exact) mass is 496 g/mol. The van der Waals surface area contributed by atoms with Crippen molar-refractivity contribution in [1.29, 1.82) is 0 Å². The Hall–Kier alpha value is -0.770. The molecule has 0 bridgehead atoms. The minimum absolute atomic E-state index is 0.0590. The van der Waals surface area contributed by atoms with E-state index in [1.54, 1.807) is 0 Å². The highest BCUT2D eigenvalue weighted by molar-refractivity contribution is 8.04. The van der Waals surface area contributed by atoms with Gasteiger partial charge in [-0.3, -0.25) is 0 Å². The summed E-state index contributed by atoms with van der Waals surface area (Å²) in [5.41, 5.74) is 0.708. The summed E-state index contributed by atoms with van der Waals surface area (Å²) in [6, 6.07) is 4.04. The molecule has 15 heteroatoms. The van der Waals surface area contributed by atoms with Crippen molar-refractivity contribution in [3.8, 4) is 0 Å². The predicted molar refractivity (Wildman–Crippen MR) is 107 cm³/mol. The molecule has 1 atom stereocenters. The summed E-state index contributed by atoms with van der Waals surface area (Å²) in [6.45, 7) is -0.960. The highest BCUT2D eigenvalue weighted by atomic mass is 35.5. The molecule has 0 aliphatic carbocycles. The number of hydrogen-bond donors (Lipinski definition) is 0. The van der Waals surface area contributed by atoms with Gasteiger partial charge in [0.2, 0.25) is 40.1 Å². The van der Waals surface area contributed by atoms with Crippen molar-refractivity contribution in [2.45, 2.75) is 11.9 Å². The molecule has 1 unspecified atom stereocenters. The van der Waals surface area contributed by atoms with Gasteiger partial charge in [-0.25, -0.2) is 33.7 Å². The second kappa shape index (κ2) is 8.53. The lowest BCUT2D eigenvalue weighted by Crippen LogP contribution is -2.46. The van der Waals surface area contributed by atoms with E-state index in [9.17, 15) is 33.7 Å². The van der Waals surface area contributed by atoms with E-state index in [1.165, 1.54) is 24.3 Å². The van der Waals surface area contributed by atoms with Crippen molar-refractivity contribution in [2.24, 2.45) is 0 Å². The van der Waals surface area contributed by atoms with Gasteiger partial charge >= 0.3 is 0 Å². The molecule has 1 aromatic carbocycles. The second-order valence-electron chi connectivity index (χ2n) is 6.12. The fourth-order valence-corrected chi connectivity index (χ4v) is 8.73. The molecule has 0 aliphatic heterocycles. The van der Waals surface area contributed by atoms with Gasteiger partial charge in [0, 0.05) is 5.88 Å². The zero-order valence-electron chi connectivity index (χ0n) is 15.5. The molecule has 0 fully saturated rings. The van der Waals surface area contributed by atoms with Crippen LogP contribution in [0.4, 0.5) is 0 Å². The molecule has 0 radical (unpaired) electrons. The predicted octanol–water partition coefficient (Wildman–Crippen LogP) is -0.0911. The van der Waals surface area contributed by atoms with Gasteiger partial charge in [-0.05, 0) is 11.1 Å². The average Bonchev–Trinajstić information content (AvgIpc) is 2.46. The Balaban J connectivity index is 3.76. The van der Waals surface area contributed by atoms with Gasteiger partial charge in [0.1, 0.15) is 0 Å². The molecule has 10 nitrogen and oxygen atoms in total. The van der Waals surface area contributed by atoms with Crippen LogP contribution in [0, 0.1) is 0 Å². The van der Waals surface area contributed by atoms with Crippen LogP contribution in [-0.4, -0.2) is 72.7 Å². The first kappa shape index (κ1) is 25.3. The van der Waals surface area contributed by atoms with E-state index in [4.69, 9.17) is 11.6 Å². The Bertz CT molecular complexity index is 1060. The quantitative estimate of drug-likeness (QED) is 0.431. The minimum atomic E-state index is -4.42. The first-order valence-corrected chi connectivity index (χ1v) is 15.3. The number of rotatable bonds is 9. The molecule has 0 saturated carbocycles. The number of sulfonamides is 4. The van der Waals surface area contributed by atoms with Crippen LogP contribution in [0.15, 0.2) is 24.3 Å². The van der Waals surface area contributed by atoms with Crippen molar-refractivity contribution in [1.82, 2.24) is 7.42 Å². The normalized spacial score (nSPS) is 15.1. The van der Waals surface area contributed by atoms with Crippen molar-refractivity contribution in [2.75, 3.05) is 31.6 Å². The zero-order chi connectivity index (χ0) is 22.1. The Morgan fingerprint density at radius 1 is 0.750 bits per heavy atom. The van der Waals surface area contributed by atoms with E-state index in [1.807, 2.05) is 0 Å². The van der Waals surface area contributed by atoms with Crippen molar-refractivity contribution < 1.29 is 33.7 Å². The molecule has 0 amide bonds. The molecule has 0 aliphatic rings. The molecule has 1 aromatic rings. The Morgan fingerprint density at radius 2 is 1.14 bits per heavy atom. The number of halogens is 1. The van der Waals surface area contributed by atoms with E-state index in [-0.39, 0.29) is 18.9 Å². The van der Waals surface area contributed by atoms with E-state index < -0.39 is 52.7 Å². The van der Waals surface area contributed by atoms with Gasteiger partial charge in [0.05, 0.1) is 37.6 Å². The third-order valence-corrected chi connectivity index (χ3v) is 10.6. The molecule has 28 heavy (non-hydrogen) atoms. The number of nitrogens with zero attached hydrogens (tertiary/aromatic N) is 2. The largest absolute Gasteiger partial charge is 0.224 e. The third kappa shape index (κ3) is 6.64. The number of hydrogen-bond acceptors (Lipinski definition) is 8. The molecule has 0 spiro atoms. The fraction of sp³-hybridized carbons (Fsp3) is 0.538. The number of alkyl halides is 1. The first-order valence-electron chi connectivity index (χ1n) is 7.41. The maximum Gasteiger partial charge on any atom is 0.224 e. The van der Waals surface area contributed by atoms with E-state index >= 15 is 0 Å². The van der Waals surface area contributed by atoms with Crippen LogP contribution in [-0.2, 0) is 46.0 Å². The molecule has 0 aromatic heterocycles. The molecule has 0 heterocycles. The van der Waals surface area contributed by atoms with Crippen LogP contribution < -0.4 is 0 Å². The zero-order valence-corrected chi connectivity index (χ0v) is 19.5. The lowest BCUT2D eigenvalue weighted by molar-refractivity contribution is 0.388. The van der Waals surface area contributed by atoms with Crippen LogP contribution in [0.25, 0.3) is 0 Å². The maximum absolute atomic E-state index is 12.2.